The highest BCUT2D eigenvalue weighted by atomic mass is 19.3. The van der Waals surface area contributed by atoms with Crippen molar-refractivity contribution in [2.24, 2.45) is 0 Å². The number of aromatic nitrogens is 1. The molecule has 0 spiro atoms. The summed E-state index contributed by atoms with van der Waals surface area (Å²) < 4.78 is 55.2. The van der Waals surface area contributed by atoms with Gasteiger partial charge in [0.25, 0.3) is 5.92 Å². The number of halogens is 4. The predicted octanol–water partition coefficient (Wildman–Crippen LogP) is 4.21. The van der Waals surface area contributed by atoms with E-state index in [0.29, 0.717) is 44.0 Å². The molecule has 0 radical (unpaired) electrons. The van der Waals surface area contributed by atoms with Crippen LogP contribution in [0, 0.1) is 11.6 Å². The quantitative estimate of drug-likeness (QED) is 0.548. The largest absolute Gasteiger partial charge is 0.311 e. The van der Waals surface area contributed by atoms with Gasteiger partial charge in [-0.25, -0.2) is 17.6 Å². The number of piperazine rings is 1. The number of benzene rings is 1. The van der Waals surface area contributed by atoms with E-state index in [4.69, 9.17) is 0 Å². The average Bonchev–Trinajstić information content (AvgIpc) is 3.32. The molecule has 1 aromatic heterocycles. The fourth-order valence-corrected chi connectivity index (χ4v) is 5.90. The Labute approximate surface area is 228 Å². The van der Waals surface area contributed by atoms with Crippen LogP contribution >= 0.6 is 0 Å². The molecular formula is C29H39F4N5O. The van der Waals surface area contributed by atoms with Crippen LogP contribution < -0.4 is 10.2 Å². The minimum Gasteiger partial charge on any atom is -0.311 e. The first kappa shape index (κ1) is 29.4. The lowest BCUT2D eigenvalue weighted by atomic mass is 9.88. The van der Waals surface area contributed by atoms with Gasteiger partial charge in [0, 0.05) is 86.6 Å². The molecule has 3 aliphatic rings. The third kappa shape index (κ3) is 6.44. The molecule has 6 nitrogen and oxygen atoms in total. The first-order valence-corrected chi connectivity index (χ1v) is 13.2. The maximum absolute atomic E-state index is 14.3. The number of nitrogens with one attached hydrogen (secondary N) is 1. The molecule has 1 amide bonds. The van der Waals surface area contributed by atoms with Gasteiger partial charge in [-0.3, -0.25) is 19.6 Å². The highest BCUT2D eigenvalue weighted by molar-refractivity contribution is 5.97. The Kier molecular flexibility index (Phi) is 8.40. The monoisotopic (exact) mass is 549 g/mol. The fraction of sp³-hybridized carbons (Fsp3) is 0.586. The van der Waals surface area contributed by atoms with E-state index in [1.165, 1.54) is 12.1 Å². The highest BCUT2D eigenvalue weighted by Crippen LogP contribution is 2.40. The molecule has 0 aliphatic carbocycles. The minimum atomic E-state index is -2.65. The van der Waals surface area contributed by atoms with Crippen LogP contribution in [0.15, 0.2) is 30.5 Å². The molecular weight excluding hydrogens is 510 g/mol. The lowest BCUT2D eigenvalue weighted by Crippen LogP contribution is -2.60. The fourth-order valence-electron chi connectivity index (χ4n) is 5.90. The van der Waals surface area contributed by atoms with Crippen LogP contribution in [-0.2, 0) is 16.6 Å². The minimum absolute atomic E-state index is 0. The number of nitrogens with zero attached hydrogens (tertiary/aromatic N) is 4. The van der Waals surface area contributed by atoms with Gasteiger partial charge in [0.1, 0.15) is 11.6 Å². The van der Waals surface area contributed by atoms with Crippen LogP contribution in [0.3, 0.4) is 0 Å². The van der Waals surface area contributed by atoms with Crippen LogP contribution in [0.1, 0.15) is 51.4 Å². The summed E-state index contributed by atoms with van der Waals surface area (Å²) in [6, 6.07) is 5.45. The van der Waals surface area contributed by atoms with Crippen LogP contribution in [0.5, 0.6) is 0 Å². The molecule has 5 rings (SSSR count). The van der Waals surface area contributed by atoms with E-state index in [1.54, 1.807) is 16.0 Å². The van der Waals surface area contributed by atoms with Crippen molar-refractivity contribution in [3.8, 4) is 0 Å². The van der Waals surface area contributed by atoms with Gasteiger partial charge in [-0.2, -0.15) is 0 Å². The van der Waals surface area contributed by atoms with Crippen LogP contribution in [0.25, 0.3) is 0 Å². The van der Waals surface area contributed by atoms with E-state index in [2.05, 4.69) is 36.0 Å². The number of anilines is 1. The maximum Gasteiger partial charge on any atom is 0.261 e. The molecule has 2 aromatic rings. The zero-order chi connectivity index (χ0) is 27.2. The van der Waals surface area contributed by atoms with Crippen LogP contribution in [0.2, 0.25) is 0 Å². The summed E-state index contributed by atoms with van der Waals surface area (Å²) in [6.07, 6.45) is 1.81. The lowest BCUT2D eigenvalue weighted by molar-refractivity contribution is -0.120. The van der Waals surface area contributed by atoms with Gasteiger partial charge in [-0.15, -0.1) is 0 Å². The normalized spacial score (nSPS) is 24.4. The summed E-state index contributed by atoms with van der Waals surface area (Å²) in [7, 11) is 0. The average molecular weight is 550 g/mol. The van der Waals surface area contributed by atoms with Crippen molar-refractivity contribution in [1.29, 1.82) is 0 Å². The Morgan fingerprint density at radius 2 is 1.95 bits per heavy atom. The Morgan fingerprint density at radius 1 is 1.18 bits per heavy atom. The number of alkyl halides is 2. The molecule has 0 unspecified atom stereocenters. The smallest absolute Gasteiger partial charge is 0.261 e. The maximum atomic E-state index is 14.3. The van der Waals surface area contributed by atoms with Gasteiger partial charge >= 0.3 is 0 Å². The number of hydrogen-bond donors (Lipinski definition) is 1. The topological polar surface area (TPSA) is 51.7 Å². The van der Waals surface area contributed by atoms with Crippen LogP contribution in [0.4, 0.5) is 23.2 Å². The van der Waals surface area contributed by atoms with Gasteiger partial charge in [-0.05, 0) is 24.6 Å². The summed E-state index contributed by atoms with van der Waals surface area (Å²) in [6.45, 7) is 8.74. The number of rotatable bonds is 6. The Balaban J connectivity index is 0.00000353. The summed E-state index contributed by atoms with van der Waals surface area (Å²) in [5.41, 5.74) is 2.31. The zero-order valence-corrected chi connectivity index (χ0v) is 22.1. The van der Waals surface area contributed by atoms with Crippen molar-refractivity contribution in [3.63, 3.8) is 0 Å². The summed E-state index contributed by atoms with van der Waals surface area (Å²) in [5, 5.41) is 3.42. The highest BCUT2D eigenvalue weighted by Gasteiger charge is 2.42. The number of fused-ring (bicyclic) bond motifs is 1. The SMILES string of the molecule is C.C[C@@H]1CN(CC(=O)N2CC(C)(C)c3cnc(Cc4ccc(F)cc4F)cc32)[C@@H](CN2CCC(F)(F)C2)CN1. The number of amides is 1. The second-order valence-corrected chi connectivity index (χ2v) is 11.7. The van der Waals surface area contributed by atoms with Crippen molar-refractivity contribution < 1.29 is 22.4 Å². The van der Waals surface area contributed by atoms with Gasteiger partial charge in [0.15, 0.2) is 0 Å². The van der Waals surface area contributed by atoms with Crippen molar-refractivity contribution >= 4 is 11.6 Å². The molecule has 1 N–H and O–H groups in total. The molecule has 2 saturated heterocycles. The summed E-state index contributed by atoms with van der Waals surface area (Å²) in [5.74, 6) is -3.97. The van der Waals surface area contributed by atoms with Crippen molar-refractivity contribution in [3.05, 3.63) is 58.9 Å². The third-order valence-corrected chi connectivity index (χ3v) is 7.98. The van der Waals surface area contributed by atoms with Crippen molar-refractivity contribution in [2.45, 2.75) is 64.5 Å². The molecule has 0 bridgehead atoms. The van der Waals surface area contributed by atoms with Gasteiger partial charge in [0.05, 0.1) is 18.8 Å². The molecule has 2 atom stereocenters. The molecule has 39 heavy (non-hydrogen) atoms. The molecule has 10 heteroatoms. The number of pyridine rings is 1. The third-order valence-electron chi connectivity index (χ3n) is 7.98. The van der Waals surface area contributed by atoms with Gasteiger partial charge in [0.2, 0.25) is 5.91 Å². The van der Waals surface area contributed by atoms with E-state index in [-0.39, 0.29) is 56.8 Å². The van der Waals surface area contributed by atoms with Crippen molar-refractivity contribution in [1.82, 2.24) is 20.1 Å². The van der Waals surface area contributed by atoms with E-state index >= 15 is 0 Å². The van der Waals surface area contributed by atoms with Gasteiger partial charge in [-0.1, -0.05) is 27.3 Å². The predicted molar refractivity (Wildman–Crippen MR) is 144 cm³/mol. The zero-order valence-electron chi connectivity index (χ0n) is 22.1. The Morgan fingerprint density at radius 3 is 2.64 bits per heavy atom. The first-order chi connectivity index (χ1) is 17.9. The Hall–Kier alpha value is -2.56. The van der Waals surface area contributed by atoms with E-state index < -0.39 is 17.6 Å². The van der Waals surface area contributed by atoms with Gasteiger partial charge < -0.3 is 10.2 Å². The molecule has 2 fully saturated rings. The van der Waals surface area contributed by atoms with E-state index in [9.17, 15) is 22.4 Å². The summed E-state index contributed by atoms with van der Waals surface area (Å²) in [4.78, 5) is 23.9. The first-order valence-electron chi connectivity index (χ1n) is 13.2. The summed E-state index contributed by atoms with van der Waals surface area (Å²) >= 11 is 0. The molecule has 1 aromatic carbocycles. The molecule has 4 heterocycles. The molecule has 214 valence electrons. The molecule has 0 saturated carbocycles. The standard InChI is InChI=1S/C28H35F4N5O.CH4/c1-18-13-36(22(11-33-18)14-35-7-6-28(31,32)17-35)15-26(38)37-16-27(2,3)23-12-34-21(10-25(23)37)8-19-4-5-20(29)9-24(19)30;/h4-5,9-10,12,18,22,33H,6-8,11,13-17H2,1-3H3;1H4/t18-,22-;/m1./s1. The Bertz CT molecular complexity index is 1210. The number of hydrogen-bond acceptors (Lipinski definition) is 5. The molecule has 3 aliphatic heterocycles. The van der Waals surface area contributed by atoms with E-state index in [0.717, 1.165) is 17.3 Å². The number of carbonyl (C=O) groups is 1. The lowest BCUT2D eigenvalue weighted by Gasteiger charge is -2.41. The number of likely N-dealkylation sites (tertiary alicyclic amines) is 1. The van der Waals surface area contributed by atoms with Crippen molar-refractivity contribution in [2.75, 3.05) is 50.7 Å². The second kappa shape index (κ2) is 11.1. The second-order valence-electron chi connectivity index (χ2n) is 11.7. The number of carbonyl (C=O) groups excluding carboxylic acids is 1. The van der Waals surface area contributed by atoms with Crippen LogP contribution in [-0.4, -0.2) is 84.5 Å². The van der Waals surface area contributed by atoms with E-state index in [1.807, 2.05) is 6.07 Å².